The third kappa shape index (κ3) is 2.95. The first kappa shape index (κ1) is 13.8. The lowest BCUT2D eigenvalue weighted by atomic mass is 10.1. The Balaban J connectivity index is 1.70. The van der Waals surface area contributed by atoms with E-state index >= 15 is 0 Å². The molecule has 3 rings (SSSR count). The topological polar surface area (TPSA) is 69.0 Å². The average Bonchev–Trinajstić information content (AvgIpc) is 2.92. The maximum absolute atomic E-state index is 12.3. The highest BCUT2D eigenvalue weighted by Gasteiger charge is 2.22. The Morgan fingerprint density at radius 2 is 2.14 bits per heavy atom. The summed E-state index contributed by atoms with van der Waals surface area (Å²) >= 11 is 0. The number of carbonyl (C=O) groups excluding carboxylic acids is 1. The molecule has 1 aromatic heterocycles. The molecule has 1 fully saturated rings. The van der Waals surface area contributed by atoms with Gasteiger partial charge >= 0.3 is 0 Å². The molecule has 0 radical (unpaired) electrons. The molecule has 0 saturated carbocycles. The standard InChI is InChI=1S/C15H18N4O2/c1-2-7-21-13-5-3-11(4-6-13)15(20)14-10-19(18-17-14)12-8-16-9-12/h3-6,10,12,16H,2,7-9H2,1H3. The maximum atomic E-state index is 12.3. The molecule has 6 nitrogen and oxygen atoms in total. The second-order valence-electron chi connectivity index (χ2n) is 5.10. The van der Waals surface area contributed by atoms with Crippen molar-refractivity contribution in [2.75, 3.05) is 19.7 Å². The van der Waals surface area contributed by atoms with Crippen LogP contribution in [0.5, 0.6) is 5.75 Å². The molecule has 1 N–H and O–H groups in total. The number of nitrogens with one attached hydrogen (secondary N) is 1. The van der Waals surface area contributed by atoms with Gasteiger partial charge in [-0.2, -0.15) is 0 Å². The summed E-state index contributed by atoms with van der Waals surface area (Å²) in [7, 11) is 0. The summed E-state index contributed by atoms with van der Waals surface area (Å²) in [6.07, 6.45) is 2.68. The van der Waals surface area contributed by atoms with Crippen molar-refractivity contribution in [3.05, 3.63) is 41.7 Å². The normalized spacial score (nSPS) is 14.7. The second kappa shape index (κ2) is 6.05. The van der Waals surface area contributed by atoms with Gasteiger partial charge in [0.2, 0.25) is 5.78 Å². The maximum Gasteiger partial charge on any atom is 0.214 e. The zero-order valence-corrected chi connectivity index (χ0v) is 12.0. The van der Waals surface area contributed by atoms with Gasteiger partial charge in [0.05, 0.1) is 18.8 Å². The number of ketones is 1. The molecule has 0 aliphatic carbocycles. The SMILES string of the molecule is CCCOc1ccc(C(=O)c2cn(C3CNC3)nn2)cc1. The van der Waals surface area contributed by atoms with E-state index in [0.29, 0.717) is 23.9 Å². The number of nitrogens with zero attached hydrogens (tertiary/aromatic N) is 3. The van der Waals surface area contributed by atoms with E-state index in [1.807, 2.05) is 12.1 Å². The van der Waals surface area contributed by atoms with Crippen molar-refractivity contribution in [2.45, 2.75) is 19.4 Å². The van der Waals surface area contributed by atoms with E-state index in [4.69, 9.17) is 4.74 Å². The molecule has 0 spiro atoms. The van der Waals surface area contributed by atoms with Crippen LogP contribution in [0.2, 0.25) is 0 Å². The van der Waals surface area contributed by atoms with Crippen LogP contribution in [0.4, 0.5) is 0 Å². The molecule has 110 valence electrons. The third-order valence-corrected chi connectivity index (χ3v) is 3.47. The van der Waals surface area contributed by atoms with Crippen molar-refractivity contribution in [3.8, 4) is 5.75 Å². The van der Waals surface area contributed by atoms with Crippen LogP contribution in [0.25, 0.3) is 0 Å². The Labute approximate surface area is 123 Å². The quantitative estimate of drug-likeness (QED) is 0.814. The van der Waals surface area contributed by atoms with Crippen LogP contribution in [0.1, 0.15) is 35.4 Å². The molecule has 0 bridgehead atoms. The van der Waals surface area contributed by atoms with Crippen molar-refractivity contribution in [2.24, 2.45) is 0 Å². The predicted molar refractivity (Wildman–Crippen MR) is 77.6 cm³/mol. The van der Waals surface area contributed by atoms with Gasteiger partial charge in [0, 0.05) is 18.7 Å². The molecule has 0 amide bonds. The molecule has 0 unspecified atom stereocenters. The molecule has 2 aromatic rings. The number of carbonyl (C=O) groups is 1. The van der Waals surface area contributed by atoms with Crippen LogP contribution >= 0.6 is 0 Å². The van der Waals surface area contributed by atoms with Crippen LogP contribution < -0.4 is 10.1 Å². The summed E-state index contributed by atoms with van der Waals surface area (Å²) in [5.41, 5.74) is 0.974. The minimum atomic E-state index is -0.115. The van der Waals surface area contributed by atoms with Crippen LogP contribution in [-0.4, -0.2) is 40.5 Å². The molecule has 2 heterocycles. The fourth-order valence-electron chi connectivity index (χ4n) is 2.09. The Hall–Kier alpha value is -2.21. The molecule has 21 heavy (non-hydrogen) atoms. The first-order valence-corrected chi connectivity index (χ1v) is 7.18. The van der Waals surface area contributed by atoms with Crippen LogP contribution in [0.15, 0.2) is 30.5 Å². The third-order valence-electron chi connectivity index (χ3n) is 3.47. The average molecular weight is 286 g/mol. The van der Waals surface area contributed by atoms with E-state index in [1.165, 1.54) is 0 Å². The molecule has 1 saturated heterocycles. The Morgan fingerprint density at radius 3 is 2.76 bits per heavy atom. The van der Waals surface area contributed by atoms with Gasteiger partial charge in [-0.05, 0) is 30.7 Å². The fraction of sp³-hybridized carbons (Fsp3) is 0.400. The molecule has 6 heteroatoms. The van der Waals surface area contributed by atoms with Crippen LogP contribution in [0, 0.1) is 0 Å². The number of hydrogen-bond acceptors (Lipinski definition) is 5. The second-order valence-corrected chi connectivity index (χ2v) is 5.10. The molecule has 1 aliphatic rings. The number of ether oxygens (including phenoxy) is 1. The summed E-state index contributed by atoms with van der Waals surface area (Å²) in [6, 6.07) is 7.45. The van der Waals surface area contributed by atoms with Crippen LogP contribution in [-0.2, 0) is 0 Å². The lowest BCUT2D eigenvalue weighted by molar-refractivity contribution is 0.103. The van der Waals surface area contributed by atoms with Gasteiger partial charge in [-0.1, -0.05) is 12.1 Å². The van der Waals surface area contributed by atoms with Crippen molar-refractivity contribution in [1.82, 2.24) is 20.3 Å². The van der Waals surface area contributed by atoms with E-state index in [-0.39, 0.29) is 5.78 Å². The van der Waals surface area contributed by atoms with Gasteiger partial charge in [-0.25, -0.2) is 4.68 Å². The zero-order valence-electron chi connectivity index (χ0n) is 12.0. The van der Waals surface area contributed by atoms with Crippen LogP contribution in [0.3, 0.4) is 0 Å². The van der Waals surface area contributed by atoms with E-state index in [0.717, 1.165) is 25.3 Å². The summed E-state index contributed by atoms with van der Waals surface area (Å²) in [5.74, 6) is 0.660. The molecule has 1 aromatic carbocycles. The van der Waals surface area contributed by atoms with Gasteiger partial charge in [-0.3, -0.25) is 4.79 Å². The van der Waals surface area contributed by atoms with Crippen molar-refractivity contribution < 1.29 is 9.53 Å². The summed E-state index contributed by atoms with van der Waals surface area (Å²) < 4.78 is 7.26. The lowest BCUT2D eigenvalue weighted by Gasteiger charge is -2.26. The highest BCUT2D eigenvalue weighted by Crippen LogP contribution is 2.16. The van der Waals surface area contributed by atoms with Crippen molar-refractivity contribution >= 4 is 5.78 Å². The largest absolute Gasteiger partial charge is 0.494 e. The Kier molecular flexibility index (Phi) is 3.96. The number of hydrogen-bond donors (Lipinski definition) is 1. The molecular formula is C15H18N4O2. The Morgan fingerprint density at radius 1 is 1.38 bits per heavy atom. The highest BCUT2D eigenvalue weighted by atomic mass is 16.5. The van der Waals surface area contributed by atoms with Gasteiger partial charge in [0.25, 0.3) is 0 Å². The molecular weight excluding hydrogens is 268 g/mol. The van der Waals surface area contributed by atoms with Gasteiger partial charge in [0.15, 0.2) is 5.69 Å². The van der Waals surface area contributed by atoms with Crippen molar-refractivity contribution in [1.29, 1.82) is 0 Å². The summed E-state index contributed by atoms with van der Waals surface area (Å²) in [4.78, 5) is 12.3. The molecule has 0 atom stereocenters. The molecule has 1 aliphatic heterocycles. The smallest absolute Gasteiger partial charge is 0.214 e. The lowest BCUT2D eigenvalue weighted by Crippen LogP contribution is -2.43. The minimum Gasteiger partial charge on any atom is -0.494 e. The highest BCUT2D eigenvalue weighted by molar-refractivity contribution is 6.07. The number of aromatic nitrogens is 3. The summed E-state index contributed by atoms with van der Waals surface area (Å²) in [6.45, 7) is 4.48. The number of benzene rings is 1. The fourth-order valence-corrected chi connectivity index (χ4v) is 2.09. The van der Waals surface area contributed by atoms with Gasteiger partial charge < -0.3 is 10.1 Å². The minimum absolute atomic E-state index is 0.115. The van der Waals surface area contributed by atoms with Gasteiger partial charge in [-0.15, -0.1) is 5.10 Å². The van der Waals surface area contributed by atoms with Gasteiger partial charge in [0.1, 0.15) is 5.75 Å². The number of rotatable bonds is 6. The zero-order chi connectivity index (χ0) is 14.7. The predicted octanol–water partition coefficient (Wildman–Crippen LogP) is 1.44. The van der Waals surface area contributed by atoms with E-state index < -0.39 is 0 Å². The van der Waals surface area contributed by atoms with Crippen molar-refractivity contribution in [3.63, 3.8) is 0 Å². The van der Waals surface area contributed by atoms with E-state index in [9.17, 15) is 4.79 Å². The van der Waals surface area contributed by atoms with E-state index in [1.54, 1.807) is 23.0 Å². The Bertz CT molecular complexity index is 617. The van der Waals surface area contributed by atoms with E-state index in [2.05, 4.69) is 22.6 Å². The summed E-state index contributed by atoms with van der Waals surface area (Å²) in [5, 5.41) is 11.2. The first-order chi connectivity index (χ1) is 10.3. The first-order valence-electron chi connectivity index (χ1n) is 7.18. The monoisotopic (exact) mass is 286 g/mol.